The van der Waals surface area contributed by atoms with E-state index in [1.807, 2.05) is 20.0 Å². The summed E-state index contributed by atoms with van der Waals surface area (Å²) in [5.41, 5.74) is 0.939. The first-order chi connectivity index (χ1) is 21.3. The molecule has 0 radical (unpaired) electrons. The molecule has 0 saturated carbocycles. The number of phenolic OH excluding ortho intramolecular Hbond substituents is 1. The van der Waals surface area contributed by atoms with Crippen LogP contribution >= 0.6 is 0 Å². The summed E-state index contributed by atoms with van der Waals surface area (Å²) in [6, 6.07) is 7.60. The van der Waals surface area contributed by atoms with Crippen LogP contribution in [0.3, 0.4) is 0 Å². The molecule has 5 aromatic rings. The fraction of sp³-hybridized carbons (Fsp3) is 0.375. The Morgan fingerprint density at radius 1 is 1.18 bits per heavy atom. The summed E-state index contributed by atoms with van der Waals surface area (Å²) in [6.45, 7) is 3.51. The van der Waals surface area contributed by atoms with Gasteiger partial charge in [0.05, 0.1) is 23.2 Å². The van der Waals surface area contributed by atoms with Crippen LogP contribution in [-0.4, -0.2) is 66.1 Å². The van der Waals surface area contributed by atoms with Crippen LogP contribution in [0.2, 0.25) is 0 Å². The summed E-state index contributed by atoms with van der Waals surface area (Å²) in [5, 5.41) is 19.3. The van der Waals surface area contributed by atoms with Crippen molar-refractivity contribution < 1.29 is 23.0 Å². The highest BCUT2D eigenvalue weighted by atomic mass is 19.1. The van der Waals surface area contributed by atoms with Crippen molar-refractivity contribution in [1.29, 1.82) is 0 Å². The van der Waals surface area contributed by atoms with Gasteiger partial charge in [-0.25, -0.2) is 13.2 Å². The predicted molar refractivity (Wildman–Crippen MR) is 160 cm³/mol. The standard InChI is InChI=1S/C32H32F3N7O2/c1-3-22-25(34)6-5-18-11-21(43)12-23(26(18)22)28-27(35)29-24(15-36-28)30(37-14-20-7-9-38-41(20)2)40-31(39-29)44-17-32-8-4-10-42(32)16-19(33)13-32/h5-7,9,11-12,15,19,43H,3-4,8,10,13-14,16-17H2,1-2H3,(H,37,39,40)/t19-,32+/m1/s1. The van der Waals surface area contributed by atoms with Gasteiger partial charge in [0, 0.05) is 38.0 Å². The van der Waals surface area contributed by atoms with E-state index in [1.54, 1.807) is 16.9 Å². The number of anilines is 1. The normalized spacial score (nSPS) is 20.1. The van der Waals surface area contributed by atoms with E-state index in [0.29, 0.717) is 53.5 Å². The van der Waals surface area contributed by atoms with Crippen molar-refractivity contribution in [3.8, 4) is 23.0 Å². The average Bonchev–Trinajstić information content (AvgIpc) is 3.68. The molecule has 0 amide bonds. The Morgan fingerprint density at radius 2 is 2.05 bits per heavy atom. The average molecular weight is 604 g/mol. The molecule has 2 aliphatic heterocycles. The molecular formula is C32H32F3N7O2. The number of pyridine rings is 1. The van der Waals surface area contributed by atoms with Crippen LogP contribution in [0.5, 0.6) is 11.8 Å². The van der Waals surface area contributed by atoms with E-state index in [4.69, 9.17) is 4.74 Å². The zero-order valence-corrected chi connectivity index (χ0v) is 24.4. The smallest absolute Gasteiger partial charge is 0.319 e. The molecule has 0 spiro atoms. The number of ether oxygens (including phenoxy) is 1. The zero-order valence-electron chi connectivity index (χ0n) is 24.4. The monoisotopic (exact) mass is 603 g/mol. The molecule has 2 fully saturated rings. The number of nitrogens with one attached hydrogen (secondary N) is 1. The lowest BCUT2D eigenvalue weighted by Gasteiger charge is -2.30. The van der Waals surface area contributed by atoms with E-state index in [0.717, 1.165) is 25.1 Å². The maximum Gasteiger partial charge on any atom is 0.319 e. The van der Waals surface area contributed by atoms with Crippen molar-refractivity contribution in [2.45, 2.75) is 50.9 Å². The summed E-state index contributed by atoms with van der Waals surface area (Å²) in [5.74, 6) is -0.978. The molecule has 3 aromatic heterocycles. The minimum absolute atomic E-state index is 0.0472. The van der Waals surface area contributed by atoms with Gasteiger partial charge in [-0.15, -0.1) is 0 Å². The van der Waals surface area contributed by atoms with Gasteiger partial charge < -0.3 is 15.2 Å². The van der Waals surface area contributed by atoms with E-state index < -0.39 is 23.3 Å². The Bertz CT molecular complexity index is 1900. The maximum absolute atomic E-state index is 16.6. The summed E-state index contributed by atoms with van der Waals surface area (Å²) in [6.07, 6.45) is 4.70. The minimum atomic E-state index is -0.923. The van der Waals surface area contributed by atoms with Crippen molar-refractivity contribution in [2.24, 2.45) is 7.05 Å². The van der Waals surface area contributed by atoms with Gasteiger partial charge in [-0.05, 0) is 66.4 Å². The van der Waals surface area contributed by atoms with Crippen LogP contribution in [0.1, 0.15) is 37.4 Å². The number of aromatic nitrogens is 5. The molecule has 5 heterocycles. The molecule has 228 valence electrons. The third-order valence-corrected chi connectivity index (χ3v) is 9.02. The third kappa shape index (κ3) is 4.77. The molecule has 44 heavy (non-hydrogen) atoms. The number of hydrogen-bond donors (Lipinski definition) is 2. The van der Waals surface area contributed by atoms with Crippen LogP contribution < -0.4 is 10.1 Å². The maximum atomic E-state index is 16.6. The van der Waals surface area contributed by atoms with Gasteiger partial charge >= 0.3 is 6.01 Å². The van der Waals surface area contributed by atoms with E-state index in [-0.39, 0.29) is 35.1 Å². The van der Waals surface area contributed by atoms with Crippen LogP contribution in [0.4, 0.5) is 19.0 Å². The minimum Gasteiger partial charge on any atom is -0.508 e. The number of aromatic hydroxyl groups is 1. The third-order valence-electron chi connectivity index (χ3n) is 9.02. The lowest BCUT2D eigenvalue weighted by atomic mass is 9.94. The van der Waals surface area contributed by atoms with Crippen LogP contribution in [0.25, 0.3) is 32.9 Å². The summed E-state index contributed by atoms with van der Waals surface area (Å²) < 4.78 is 53.7. The molecule has 7 rings (SSSR count). The highest BCUT2D eigenvalue weighted by Gasteiger charge is 2.49. The molecule has 0 unspecified atom stereocenters. The number of nitrogens with zero attached hydrogens (tertiary/aromatic N) is 6. The highest BCUT2D eigenvalue weighted by Crippen LogP contribution is 2.41. The fourth-order valence-corrected chi connectivity index (χ4v) is 6.85. The van der Waals surface area contributed by atoms with Gasteiger partial charge in [0.15, 0.2) is 5.82 Å². The molecule has 0 bridgehead atoms. The van der Waals surface area contributed by atoms with Crippen molar-refractivity contribution in [1.82, 2.24) is 29.6 Å². The molecule has 2 atom stereocenters. The van der Waals surface area contributed by atoms with Crippen LogP contribution in [0.15, 0.2) is 42.7 Å². The molecule has 2 saturated heterocycles. The largest absolute Gasteiger partial charge is 0.508 e. The number of alkyl halides is 1. The lowest BCUT2D eigenvalue weighted by molar-refractivity contribution is 0.107. The van der Waals surface area contributed by atoms with Crippen molar-refractivity contribution in [2.75, 3.05) is 25.0 Å². The Hall–Kier alpha value is -4.45. The number of rotatable bonds is 8. The quantitative estimate of drug-likeness (QED) is 0.233. The Balaban J connectivity index is 1.35. The van der Waals surface area contributed by atoms with Gasteiger partial charge in [0.1, 0.15) is 41.4 Å². The van der Waals surface area contributed by atoms with Gasteiger partial charge in [-0.1, -0.05) is 13.0 Å². The van der Waals surface area contributed by atoms with Crippen molar-refractivity contribution in [3.05, 3.63) is 65.6 Å². The van der Waals surface area contributed by atoms with E-state index in [1.165, 1.54) is 24.4 Å². The number of hydrogen-bond acceptors (Lipinski definition) is 8. The topological polar surface area (TPSA) is 101 Å². The zero-order chi connectivity index (χ0) is 30.6. The summed E-state index contributed by atoms with van der Waals surface area (Å²) >= 11 is 0. The number of aryl methyl sites for hydroxylation is 2. The Kier molecular flexibility index (Phi) is 7.03. The van der Waals surface area contributed by atoms with Crippen molar-refractivity contribution >= 4 is 27.5 Å². The molecule has 9 nitrogen and oxygen atoms in total. The lowest BCUT2D eigenvalue weighted by Crippen LogP contribution is -2.43. The number of benzene rings is 2. The second kappa shape index (κ2) is 10.9. The van der Waals surface area contributed by atoms with Crippen LogP contribution in [0, 0.1) is 11.6 Å². The molecule has 12 heteroatoms. The predicted octanol–water partition coefficient (Wildman–Crippen LogP) is 5.69. The molecular weight excluding hydrogens is 571 g/mol. The van der Waals surface area contributed by atoms with E-state index >= 15 is 4.39 Å². The molecule has 2 aliphatic rings. The molecule has 2 N–H and O–H groups in total. The second-order valence-electron chi connectivity index (χ2n) is 11.7. The van der Waals surface area contributed by atoms with E-state index in [2.05, 4.69) is 30.3 Å². The van der Waals surface area contributed by atoms with Gasteiger partial charge in [0.2, 0.25) is 0 Å². The highest BCUT2D eigenvalue weighted by molar-refractivity contribution is 6.01. The number of fused-ring (bicyclic) bond motifs is 3. The Morgan fingerprint density at radius 3 is 2.84 bits per heavy atom. The van der Waals surface area contributed by atoms with Gasteiger partial charge in [-0.3, -0.25) is 14.6 Å². The summed E-state index contributed by atoms with van der Waals surface area (Å²) in [4.78, 5) is 15.6. The first kappa shape index (κ1) is 28.3. The Labute approximate surface area is 251 Å². The first-order valence-electron chi connectivity index (χ1n) is 14.8. The number of phenols is 1. The molecule has 2 aromatic carbocycles. The second-order valence-corrected chi connectivity index (χ2v) is 11.7. The van der Waals surface area contributed by atoms with Crippen molar-refractivity contribution in [3.63, 3.8) is 0 Å². The molecule has 0 aliphatic carbocycles. The summed E-state index contributed by atoms with van der Waals surface area (Å²) in [7, 11) is 1.82. The van der Waals surface area contributed by atoms with Crippen LogP contribution in [-0.2, 0) is 20.0 Å². The van der Waals surface area contributed by atoms with Gasteiger partial charge in [-0.2, -0.15) is 15.1 Å². The van der Waals surface area contributed by atoms with E-state index in [9.17, 15) is 13.9 Å². The number of halogens is 3. The van der Waals surface area contributed by atoms with Gasteiger partial charge in [0.25, 0.3) is 0 Å². The first-order valence-corrected chi connectivity index (χ1v) is 14.8. The fourth-order valence-electron chi connectivity index (χ4n) is 6.85. The SMILES string of the molecule is CCc1c(F)ccc2cc(O)cc(-c3ncc4c(NCc5ccnn5C)nc(OC[C@@]56CCCN5C[C@H](F)C6)nc4c3F)c12.